The molecule has 0 bridgehead atoms. The second-order valence-electron chi connectivity index (χ2n) is 5.06. The molecule has 0 aromatic carbocycles. The molecule has 7 nitrogen and oxygen atoms in total. The Kier molecular flexibility index (Phi) is 3.88. The first-order valence-corrected chi connectivity index (χ1v) is 6.14. The monoisotopic (exact) mass is 260 g/mol. The minimum Gasteiger partial charge on any atom is -0.395 e. The van der Waals surface area contributed by atoms with Crippen molar-refractivity contribution < 1.29 is 25.2 Å². The Hall–Kier alpha value is -0.730. The van der Waals surface area contributed by atoms with Gasteiger partial charge in [-0.25, -0.2) is 0 Å². The third kappa shape index (κ3) is 2.12. The summed E-state index contributed by atoms with van der Waals surface area (Å²) in [4.78, 5) is 12.7. The van der Waals surface area contributed by atoms with Gasteiger partial charge in [0.1, 0.15) is 0 Å². The van der Waals surface area contributed by atoms with Crippen LogP contribution in [0.3, 0.4) is 0 Å². The lowest BCUT2D eigenvalue weighted by molar-refractivity contribution is -0.119. The summed E-state index contributed by atoms with van der Waals surface area (Å²) in [6.45, 7) is 1.41. The first-order chi connectivity index (χ1) is 8.47. The fraction of sp³-hybridized carbons (Fsp3) is 0.909. The van der Waals surface area contributed by atoms with Crippen molar-refractivity contribution in [3.63, 3.8) is 0 Å². The van der Waals surface area contributed by atoms with Gasteiger partial charge in [-0.05, 0) is 6.42 Å². The number of carbonyl (C=O) groups is 1. The summed E-state index contributed by atoms with van der Waals surface area (Å²) in [6, 6.07) is -1.35. The molecule has 0 saturated carbocycles. The van der Waals surface area contributed by atoms with Crippen LogP contribution in [-0.4, -0.2) is 80.8 Å². The predicted molar refractivity (Wildman–Crippen MR) is 61.6 cm³/mol. The summed E-state index contributed by atoms with van der Waals surface area (Å²) in [5.41, 5.74) is 0. The Labute approximate surface area is 105 Å². The van der Waals surface area contributed by atoms with E-state index in [0.717, 1.165) is 0 Å². The highest BCUT2D eigenvalue weighted by atomic mass is 16.3. The van der Waals surface area contributed by atoms with Gasteiger partial charge < -0.3 is 25.7 Å². The molecule has 0 spiro atoms. The van der Waals surface area contributed by atoms with Crippen LogP contribution in [-0.2, 0) is 4.79 Å². The maximum Gasteiger partial charge on any atom is 0.216 e. The van der Waals surface area contributed by atoms with Gasteiger partial charge in [0, 0.05) is 19.5 Å². The van der Waals surface area contributed by atoms with Crippen LogP contribution in [0.5, 0.6) is 0 Å². The number of nitrogens with zero attached hydrogens (tertiary/aromatic N) is 1. The number of aliphatic hydroxyl groups excluding tert-OH is 4. The minimum absolute atomic E-state index is 0.149. The van der Waals surface area contributed by atoms with Gasteiger partial charge in [-0.15, -0.1) is 0 Å². The standard InChI is InChI=1S/C11H20N2O5/c1-5(15)12-3-7-10(17)11(18)9-8(16)2-6(4-14)13(7)9/h6-11,14,16-18H,2-4H2,1H3,(H,12,15)/t6-,7-,8+,9+,10-,11+/m1/s1. The van der Waals surface area contributed by atoms with Gasteiger partial charge in [0.05, 0.1) is 37.0 Å². The van der Waals surface area contributed by atoms with E-state index in [1.54, 1.807) is 4.90 Å². The van der Waals surface area contributed by atoms with Crippen molar-refractivity contribution in [2.45, 2.75) is 49.8 Å². The maximum atomic E-state index is 10.9. The molecule has 2 rings (SSSR count). The molecule has 6 atom stereocenters. The van der Waals surface area contributed by atoms with E-state index in [4.69, 9.17) is 0 Å². The number of nitrogens with one attached hydrogen (secondary N) is 1. The lowest BCUT2D eigenvalue weighted by Gasteiger charge is -2.29. The summed E-state index contributed by atoms with van der Waals surface area (Å²) < 4.78 is 0. The van der Waals surface area contributed by atoms with Crippen molar-refractivity contribution >= 4 is 5.91 Å². The molecule has 0 aromatic rings. The van der Waals surface area contributed by atoms with Crippen LogP contribution in [0.2, 0.25) is 0 Å². The summed E-state index contributed by atoms with van der Waals surface area (Å²) >= 11 is 0. The fourth-order valence-corrected chi connectivity index (χ4v) is 3.13. The normalized spacial score (nSPS) is 44.1. The van der Waals surface area contributed by atoms with E-state index >= 15 is 0 Å². The Morgan fingerprint density at radius 2 is 2.00 bits per heavy atom. The zero-order valence-corrected chi connectivity index (χ0v) is 10.2. The molecule has 1 amide bonds. The number of fused-ring (bicyclic) bond motifs is 1. The molecule has 18 heavy (non-hydrogen) atoms. The number of hydrogen-bond acceptors (Lipinski definition) is 6. The number of carbonyl (C=O) groups excluding carboxylic acids is 1. The molecule has 2 aliphatic heterocycles. The van der Waals surface area contributed by atoms with E-state index in [9.17, 15) is 25.2 Å². The van der Waals surface area contributed by atoms with Crippen molar-refractivity contribution in [2.75, 3.05) is 13.2 Å². The Bertz CT molecular complexity index is 327. The van der Waals surface area contributed by atoms with Crippen LogP contribution in [0.1, 0.15) is 13.3 Å². The third-order valence-electron chi connectivity index (χ3n) is 3.92. The molecule has 104 valence electrons. The minimum atomic E-state index is -1.06. The van der Waals surface area contributed by atoms with E-state index < -0.39 is 30.4 Å². The van der Waals surface area contributed by atoms with Crippen LogP contribution in [0.4, 0.5) is 0 Å². The maximum absolute atomic E-state index is 10.9. The third-order valence-corrected chi connectivity index (χ3v) is 3.92. The zero-order chi connectivity index (χ0) is 13.4. The second kappa shape index (κ2) is 5.10. The van der Waals surface area contributed by atoms with Crippen molar-refractivity contribution in [3.8, 4) is 0 Å². The van der Waals surface area contributed by atoms with Crippen molar-refractivity contribution in [2.24, 2.45) is 0 Å². The Morgan fingerprint density at radius 3 is 2.56 bits per heavy atom. The number of hydrogen-bond donors (Lipinski definition) is 5. The lowest BCUT2D eigenvalue weighted by atomic mass is 10.0. The highest BCUT2D eigenvalue weighted by molar-refractivity contribution is 5.72. The summed E-state index contributed by atoms with van der Waals surface area (Å²) in [7, 11) is 0. The molecule has 2 saturated heterocycles. The highest BCUT2D eigenvalue weighted by Crippen LogP contribution is 2.37. The smallest absolute Gasteiger partial charge is 0.216 e. The van der Waals surface area contributed by atoms with E-state index in [1.807, 2.05) is 0 Å². The predicted octanol–water partition coefficient (Wildman–Crippen LogP) is -2.98. The fourth-order valence-electron chi connectivity index (χ4n) is 3.13. The van der Waals surface area contributed by atoms with Crippen LogP contribution < -0.4 is 5.32 Å². The number of aliphatic hydroxyl groups is 4. The SMILES string of the molecule is CC(=O)NC[C@@H]1[C@@H](O)[C@@H](O)[C@@H]2[C@@H](O)C[C@H](CO)N21. The molecular weight excluding hydrogens is 240 g/mol. The Balaban J connectivity index is 2.15. The molecule has 7 heteroatoms. The van der Waals surface area contributed by atoms with Gasteiger partial charge >= 0.3 is 0 Å². The van der Waals surface area contributed by atoms with Crippen molar-refractivity contribution in [1.29, 1.82) is 0 Å². The van der Waals surface area contributed by atoms with E-state index in [2.05, 4.69) is 5.32 Å². The molecule has 0 aliphatic carbocycles. The van der Waals surface area contributed by atoms with Crippen molar-refractivity contribution in [3.05, 3.63) is 0 Å². The molecular formula is C11H20N2O5. The molecule has 2 aliphatic rings. The van der Waals surface area contributed by atoms with Crippen LogP contribution in [0.25, 0.3) is 0 Å². The van der Waals surface area contributed by atoms with Crippen LogP contribution >= 0.6 is 0 Å². The average molecular weight is 260 g/mol. The van der Waals surface area contributed by atoms with E-state index in [0.29, 0.717) is 6.42 Å². The molecule has 2 heterocycles. The molecule has 0 aromatic heterocycles. The number of rotatable bonds is 3. The second-order valence-corrected chi connectivity index (χ2v) is 5.06. The topological polar surface area (TPSA) is 113 Å². The van der Waals surface area contributed by atoms with Gasteiger partial charge in [0.25, 0.3) is 0 Å². The van der Waals surface area contributed by atoms with Crippen LogP contribution in [0.15, 0.2) is 0 Å². The first-order valence-electron chi connectivity index (χ1n) is 6.14. The summed E-state index contributed by atoms with van der Waals surface area (Å²) in [6.07, 6.45) is -2.50. The van der Waals surface area contributed by atoms with Gasteiger partial charge in [0.2, 0.25) is 5.91 Å². The lowest BCUT2D eigenvalue weighted by Crippen LogP contribution is -2.49. The van der Waals surface area contributed by atoms with E-state index in [-0.39, 0.29) is 25.1 Å². The van der Waals surface area contributed by atoms with Gasteiger partial charge in [-0.3, -0.25) is 9.69 Å². The van der Waals surface area contributed by atoms with Crippen molar-refractivity contribution in [1.82, 2.24) is 10.2 Å². The van der Waals surface area contributed by atoms with Gasteiger partial charge in [0.15, 0.2) is 0 Å². The molecule has 2 fully saturated rings. The number of amides is 1. The molecule has 0 radical (unpaired) electrons. The van der Waals surface area contributed by atoms with Crippen LogP contribution in [0, 0.1) is 0 Å². The van der Waals surface area contributed by atoms with Gasteiger partial charge in [-0.2, -0.15) is 0 Å². The largest absolute Gasteiger partial charge is 0.395 e. The average Bonchev–Trinajstić information content (AvgIpc) is 2.76. The quantitative estimate of drug-likeness (QED) is 0.370. The Morgan fingerprint density at radius 1 is 1.33 bits per heavy atom. The first kappa shape index (κ1) is 13.7. The molecule has 5 N–H and O–H groups in total. The van der Waals surface area contributed by atoms with Gasteiger partial charge in [-0.1, -0.05) is 0 Å². The highest BCUT2D eigenvalue weighted by Gasteiger charge is 2.56. The molecule has 0 unspecified atom stereocenters. The zero-order valence-electron chi connectivity index (χ0n) is 10.2. The summed E-state index contributed by atoms with van der Waals surface area (Å²) in [5.74, 6) is -0.222. The van der Waals surface area contributed by atoms with E-state index in [1.165, 1.54) is 6.92 Å². The summed E-state index contributed by atoms with van der Waals surface area (Å²) in [5, 5.41) is 41.7.